The summed E-state index contributed by atoms with van der Waals surface area (Å²) in [5.74, 6) is -7.65. The van der Waals surface area contributed by atoms with Crippen molar-refractivity contribution in [1.29, 1.82) is 0 Å². The highest BCUT2D eigenvalue weighted by atomic mass is 28.4. The maximum atomic E-state index is 13.2. The lowest BCUT2D eigenvalue weighted by atomic mass is 10.2. The Kier molecular flexibility index (Phi) is 37.9. The number of carboxylic acid groups (broad SMARTS) is 2. The summed E-state index contributed by atoms with van der Waals surface area (Å²) in [4.78, 5) is 108. The average Bonchev–Trinajstić information content (AvgIpc) is 0.756. The minimum Gasteiger partial charge on any atom is -0.479 e. The van der Waals surface area contributed by atoms with E-state index in [4.69, 9.17) is 61.8 Å². The van der Waals surface area contributed by atoms with Crippen molar-refractivity contribution >= 4 is 110 Å². The van der Waals surface area contributed by atoms with E-state index in [-0.39, 0.29) is 35.8 Å². The van der Waals surface area contributed by atoms with Crippen LogP contribution in [0.25, 0.3) is 0 Å². The largest absolute Gasteiger partial charge is 0.479 e. The van der Waals surface area contributed by atoms with E-state index in [9.17, 15) is 43.2 Å². The molecule has 8 rings (SSSR count). The number of hydrogen-bond donors (Lipinski definition) is 3. The van der Waals surface area contributed by atoms with E-state index in [1.54, 1.807) is 20.8 Å². The Bertz CT molecular complexity index is 4210. The highest BCUT2D eigenvalue weighted by Crippen LogP contribution is 2.40. The number of carboxylic acids is 2. The molecule has 0 saturated carbocycles. The second-order valence-electron chi connectivity index (χ2n) is 30.2. The average molecular weight is 1630 g/mol. The molecule has 0 amide bonds. The molecular formula is C90H114O22Si3. The van der Waals surface area contributed by atoms with Crippen LogP contribution in [0.5, 0.6) is 0 Å². The van der Waals surface area contributed by atoms with Gasteiger partial charge in [0.05, 0.1) is 0 Å². The summed E-state index contributed by atoms with van der Waals surface area (Å²) in [6.45, 7) is 32.1. The minimum absolute atomic E-state index is 0. The fraction of sp³-hybridized carbons (Fsp3) is 0.367. The van der Waals surface area contributed by atoms with E-state index < -0.39 is 134 Å². The monoisotopic (exact) mass is 1630 g/mol. The van der Waals surface area contributed by atoms with E-state index in [2.05, 4.69) is 62.3 Å². The number of carbonyl (C=O) groups excluding carboxylic acids is 7. The van der Waals surface area contributed by atoms with Crippen LogP contribution in [0.1, 0.15) is 143 Å². The first kappa shape index (κ1) is 96.8. The molecule has 0 aliphatic rings. The molecule has 8 aromatic carbocycles. The molecule has 0 aromatic heterocycles. The molecule has 9 atom stereocenters. The van der Waals surface area contributed by atoms with Crippen LogP contribution >= 0.6 is 0 Å². The van der Waals surface area contributed by atoms with Gasteiger partial charge in [0.25, 0.3) is 25.0 Å². The zero-order valence-corrected chi connectivity index (χ0v) is 71.3. The molecule has 22 nitrogen and oxygen atoms in total. The van der Waals surface area contributed by atoms with E-state index in [0.717, 1.165) is 42.2 Å². The number of aliphatic hydroxyl groups is 1. The Labute approximate surface area is 680 Å². The molecule has 618 valence electrons. The predicted molar refractivity (Wildman–Crippen MR) is 448 cm³/mol. The first-order valence-electron chi connectivity index (χ1n) is 37.6. The van der Waals surface area contributed by atoms with Crippen molar-refractivity contribution in [2.45, 2.75) is 215 Å². The van der Waals surface area contributed by atoms with Crippen molar-refractivity contribution < 1.29 is 105 Å². The summed E-state index contributed by atoms with van der Waals surface area (Å²) >= 11 is 0. The number of rotatable bonds is 30. The third kappa shape index (κ3) is 27.3. The molecule has 0 fully saturated rings. The SMILES string of the molecule is C.C[C@H](O)C(=O)OCc1ccccc1.C[C@H](O[Si](c1ccccc1)(c1ccccc1)C(C)(C)C)C(=O)O[C@H](C)C(=O)O.C[C@H](O[Si](c1ccccc1)(c1ccccc1)C(C)(C)C)C(=O)O[C@H](C)C(=O)O[C@H](C)C(=O)O.C[C@H](O[Si](c1ccccc1)(c1ccccc1)C(C)(C)C)C(=O)O[C@H](C)C(=O)O[C@H](C)C(=O)OCc1ccccc1. The summed E-state index contributed by atoms with van der Waals surface area (Å²) in [5, 5.41) is 31.9. The first-order chi connectivity index (χ1) is 53.6. The molecule has 25 heteroatoms. The highest BCUT2D eigenvalue weighted by Gasteiger charge is 2.55. The molecule has 8 aromatic rings. The zero-order valence-electron chi connectivity index (χ0n) is 68.3. The molecule has 3 N–H and O–H groups in total. The number of benzene rings is 8. The van der Waals surface area contributed by atoms with Gasteiger partial charge in [-0.15, -0.1) is 0 Å². The van der Waals surface area contributed by atoms with Crippen LogP contribution in [0, 0.1) is 0 Å². The van der Waals surface area contributed by atoms with E-state index >= 15 is 0 Å². The Balaban J connectivity index is 0.000000339. The van der Waals surface area contributed by atoms with Gasteiger partial charge in [-0.3, -0.25) is 0 Å². The molecule has 0 aliphatic carbocycles. The van der Waals surface area contributed by atoms with Crippen LogP contribution in [0.3, 0.4) is 0 Å². The van der Waals surface area contributed by atoms with Crippen molar-refractivity contribution in [3.63, 3.8) is 0 Å². The lowest BCUT2D eigenvalue weighted by Crippen LogP contribution is -2.68. The van der Waals surface area contributed by atoms with E-state index in [0.29, 0.717) is 0 Å². The molecular weight excluding hydrogens is 1520 g/mol. The third-order valence-corrected chi connectivity index (χ3v) is 33.6. The minimum atomic E-state index is -3.01. The van der Waals surface area contributed by atoms with E-state index in [1.165, 1.54) is 41.5 Å². The summed E-state index contributed by atoms with van der Waals surface area (Å²) in [6.07, 6.45) is -10.2. The molecule has 115 heavy (non-hydrogen) atoms. The van der Waals surface area contributed by atoms with Gasteiger partial charge in [0.2, 0.25) is 0 Å². The Morgan fingerprint density at radius 1 is 0.270 bits per heavy atom. The Hall–Kier alpha value is -10.5. The van der Waals surface area contributed by atoms with Crippen LogP contribution in [-0.2, 0) is 103 Å². The Morgan fingerprint density at radius 3 is 0.635 bits per heavy atom. The van der Waals surface area contributed by atoms with Gasteiger partial charge in [0, 0.05) is 0 Å². The van der Waals surface area contributed by atoms with Gasteiger partial charge < -0.3 is 61.8 Å². The molecule has 0 bridgehead atoms. The quantitative estimate of drug-likeness (QED) is 0.0214. The second kappa shape index (κ2) is 45.0. The molecule has 0 aliphatic heterocycles. The number of hydrogen-bond acceptors (Lipinski definition) is 20. The van der Waals surface area contributed by atoms with Gasteiger partial charge in [-0.25, -0.2) is 43.2 Å². The van der Waals surface area contributed by atoms with Gasteiger partial charge in [0.1, 0.15) is 37.6 Å². The summed E-state index contributed by atoms with van der Waals surface area (Å²) < 4.78 is 55.8. The van der Waals surface area contributed by atoms with Gasteiger partial charge in [-0.1, -0.05) is 312 Å². The normalized spacial score (nSPS) is 13.9. The van der Waals surface area contributed by atoms with Crippen molar-refractivity contribution in [2.24, 2.45) is 0 Å². The van der Waals surface area contributed by atoms with Crippen LogP contribution in [-0.4, -0.2) is 149 Å². The molecule has 0 spiro atoms. The second-order valence-corrected chi connectivity index (χ2v) is 43.0. The van der Waals surface area contributed by atoms with Crippen LogP contribution in [0.15, 0.2) is 243 Å². The summed E-state index contributed by atoms with van der Waals surface area (Å²) in [6, 6.07) is 77.9. The van der Waals surface area contributed by atoms with Crippen LogP contribution in [0.4, 0.5) is 0 Å². The maximum absolute atomic E-state index is 13.2. The van der Waals surface area contributed by atoms with Gasteiger partial charge >= 0.3 is 53.7 Å². The summed E-state index contributed by atoms with van der Waals surface area (Å²) in [5.41, 5.74) is 1.73. The Morgan fingerprint density at radius 2 is 0.443 bits per heavy atom. The van der Waals surface area contributed by atoms with Gasteiger partial charge in [-0.2, -0.15) is 0 Å². The van der Waals surface area contributed by atoms with Crippen molar-refractivity contribution in [3.05, 3.63) is 254 Å². The smallest absolute Gasteiger partial charge is 0.347 e. The van der Waals surface area contributed by atoms with Crippen LogP contribution in [0.2, 0.25) is 15.1 Å². The van der Waals surface area contributed by atoms with Crippen molar-refractivity contribution in [1.82, 2.24) is 0 Å². The number of aliphatic carboxylic acids is 2. The highest BCUT2D eigenvalue weighted by molar-refractivity contribution is 7.01. The number of ether oxygens (including phenoxy) is 7. The fourth-order valence-corrected chi connectivity index (χ4v) is 26.2. The predicted octanol–water partition coefficient (Wildman–Crippen LogP) is 12.2. The summed E-state index contributed by atoms with van der Waals surface area (Å²) in [7, 11) is -8.90. The first-order valence-corrected chi connectivity index (χ1v) is 43.3. The topological polar surface area (TPSA) is 307 Å². The number of aliphatic hydroxyl groups excluding tert-OH is 1. The number of esters is 7. The van der Waals surface area contributed by atoms with Crippen molar-refractivity contribution in [3.8, 4) is 0 Å². The van der Waals surface area contributed by atoms with Crippen LogP contribution < -0.4 is 31.1 Å². The van der Waals surface area contributed by atoms with Crippen molar-refractivity contribution in [2.75, 3.05) is 0 Å². The molecule has 0 saturated heterocycles. The molecule has 0 heterocycles. The lowest BCUT2D eigenvalue weighted by Gasteiger charge is -2.44. The lowest BCUT2D eigenvalue weighted by molar-refractivity contribution is -0.179. The molecule has 0 radical (unpaired) electrons. The fourth-order valence-electron chi connectivity index (χ4n) is 12.3. The maximum Gasteiger partial charge on any atom is 0.347 e. The number of carbonyl (C=O) groups is 9. The third-order valence-electron chi connectivity index (χ3n) is 18.3. The van der Waals surface area contributed by atoms with E-state index in [1.807, 2.05) is 243 Å². The van der Waals surface area contributed by atoms with Gasteiger partial charge in [-0.05, 0) is 120 Å². The zero-order chi connectivity index (χ0) is 84.8. The van der Waals surface area contributed by atoms with Gasteiger partial charge in [0.15, 0.2) is 30.5 Å². The standard InChI is InChI=1S/C32H38O7Si.C25H32O7Si.C22H28O5Si.C10H12O3.CH4/c1-23(29(33)36-22-26-16-10-7-11-17-26)37-30(34)24(2)38-31(35)25(3)39-40(32(4,5)6,27-18-12-8-13-19-27)28-20-14-9-15-21-28;1-17(22(26)27)30-23(28)18(2)31-24(29)19(3)32-33(25(4,5)6,20-13-9-7-10-14-20)21-15-11-8-12-16-21;1-16(20(23)24)26-21(25)17(2)27-28(22(3,4)5,18-12-8-6-9-13-18)19-14-10-7-11-15-19;1-8(11)10(12)13-7-9-5-3-2-4-6-9;/h7-21,23-25H,22H2,1-6H3;7-19H,1-6H3,(H,26,27);6-17H,1-5H3,(H,23,24);2-6,8,11H,7H2,1H3;1H4/t23-,24-,25+;17-,18-,19+;16-,17+;8-;/m1110./s1. The molecule has 0 unspecified atom stereocenters.